The summed E-state index contributed by atoms with van der Waals surface area (Å²) in [5.41, 5.74) is 0.929. The second kappa shape index (κ2) is 5.87. The summed E-state index contributed by atoms with van der Waals surface area (Å²) in [4.78, 5) is 16.9. The number of aromatic nitrogens is 2. The summed E-state index contributed by atoms with van der Waals surface area (Å²) in [6.07, 6.45) is 1.53. The van der Waals surface area contributed by atoms with E-state index in [4.69, 9.17) is 11.6 Å². The van der Waals surface area contributed by atoms with Crippen LogP contribution in [0.5, 0.6) is 0 Å². The van der Waals surface area contributed by atoms with Crippen molar-refractivity contribution in [1.82, 2.24) is 9.38 Å². The first-order chi connectivity index (χ1) is 10.1. The third-order valence-electron chi connectivity index (χ3n) is 2.89. The predicted octanol–water partition coefficient (Wildman–Crippen LogP) is 3.78. The highest BCUT2D eigenvalue weighted by Gasteiger charge is 2.06. The third kappa shape index (κ3) is 3.09. The van der Waals surface area contributed by atoms with Crippen molar-refractivity contribution < 1.29 is 4.39 Å². The van der Waals surface area contributed by atoms with Gasteiger partial charge >= 0.3 is 0 Å². The lowest BCUT2D eigenvalue weighted by molar-refractivity contribution is 0.602. The predicted molar refractivity (Wildman–Crippen MR) is 82.4 cm³/mol. The maximum absolute atomic E-state index is 13.5. The van der Waals surface area contributed by atoms with E-state index in [-0.39, 0.29) is 11.4 Å². The molecule has 2 aromatic heterocycles. The van der Waals surface area contributed by atoms with Crippen molar-refractivity contribution in [2.75, 3.05) is 0 Å². The lowest BCUT2D eigenvalue weighted by Gasteiger charge is -2.05. The van der Waals surface area contributed by atoms with E-state index < -0.39 is 0 Å². The molecule has 6 heteroatoms. The van der Waals surface area contributed by atoms with Crippen LogP contribution in [0, 0.1) is 5.82 Å². The number of halogens is 2. The van der Waals surface area contributed by atoms with Crippen LogP contribution in [0.25, 0.3) is 5.65 Å². The second-order valence-corrected chi connectivity index (χ2v) is 5.83. The Bertz CT molecular complexity index is 866. The molecule has 0 fully saturated rings. The maximum atomic E-state index is 13.5. The van der Waals surface area contributed by atoms with Crippen LogP contribution in [-0.2, 0) is 5.75 Å². The van der Waals surface area contributed by atoms with Crippen LogP contribution in [-0.4, -0.2) is 9.38 Å². The first kappa shape index (κ1) is 14.1. The van der Waals surface area contributed by atoms with Gasteiger partial charge < -0.3 is 0 Å². The van der Waals surface area contributed by atoms with Crippen LogP contribution >= 0.6 is 23.4 Å². The van der Waals surface area contributed by atoms with Gasteiger partial charge in [0, 0.05) is 22.9 Å². The van der Waals surface area contributed by atoms with Gasteiger partial charge in [0.2, 0.25) is 0 Å². The normalized spacial score (nSPS) is 11.0. The van der Waals surface area contributed by atoms with E-state index >= 15 is 0 Å². The molecule has 1 aromatic carbocycles. The van der Waals surface area contributed by atoms with Crippen LogP contribution in [0.3, 0.4) is 0 Å². The average molecular weight is 321 g/mol. The summed E-state index contributed by atoms with van der Waals surface area (Å²) in [6, 6.07) is 11.3. The average Bonchev–Trinajstić information content (AvgIpc) is 2.47. The Balaban J connectivity index is 1.90. The molecule has 0 aliphatic carbocycles. The minimum Gasteiger partial charge on any atom is -0.269 e. The summed E-state index contributed by atoms with van der Waals surface area (Å²) >= 11 is 7.16. The zero-order chi connectivity index (χ0) is 14.8. The zero-order valence-electron chi connectivity index (χ0n) is 10.8. The Kier molecular flexibility index (Phi) is 3.94. The molecule has 3 nitrogen and oxygen atoms in total. The van der Waals surface area contributed by atoms with E-state index in [1.165, 1.54) is 34.5 Å². The van der Waals surface area contributed by atoms with Gasteiger partial charge in [-0.05, 0) is 24.3 Å². The number of fused-ring (bicyclic) bond motifs is 1. The van der Waals surface area contributed by atoms with Crippen LogP contribution < -0.4 is 5.56 Å². The molecule has 21 heavy (non-hydrogen) atoms. The van der Waals surface area contributed by atoms with Crippen LogP contribution in [0.15, 0.2) is 58.4 Å². The molecule has 0 saturated carbocycles. The fourth-order valence-corrected chi connectivity index (χ4v) is 2.91. The molecular formula is C15H10ClFN2OS. The van der Waals surface area contributed by atoms with Crippen molar-refractivity contribution in [1.29, 1.82) is 0 Å². The van der Waals surface area contributed by atoms with Gasteiger partial charge in [-0.15, -0.1) is 11.8 Å². The fraction of sp³-hybridized carbons (Fsp3) is 0.0667. The van der Waals surface area contributed by atoms with Crippen LogP contribution in [0.4, 0.5) is 4.39 Å². The molecule has 3 aromatic rings. The quantitative estimate of drug-likeness (QED) is 0.689. The maximum Gasteiger partial charge on any atom is 0.258 e. The van der Waals surface area contributed by atoms with Crippen molar-refractivity contribution in [3.63, 3.8) is 0 Å². The smallest absolute Gasteiger partial charge is 0.258 e. The number of hydrogen-bond acceptors (Lipinski definition) is 3. The van der Waals surface area contributed by atoms with Crippen LogP contribution in [0.2, 0.25) is 5.02 Å². The van der Waals surface area contributed by atoms with E-state index in [0.717, 1.165) is 0 Å². The number of thioether (sulfide) groups is 1. The number of benzene rings is 1. The van der Waals surface area contributed by atoms with E-state index in [9.17, 15) is 9.18 Å². The van der Waals surface area contributed by atoms with Gasteiger partial charge in [-0.25, -0.2) is 9.37 Å². The molecule has 0 amide bonds. The van der Waals surface area contributed by atoms with E-state index in [2.05, 4.69) is 4.98 Å². The highest BCUT2D eigenvalue weighted by molar-refractivity contribution is 7.98. The van der Waals surface area contributed by atoms with Gasteiger partial charge in [-0.2, -0.15) is 0 Å². The molecule has 0 radical (unpaired) electrons. The lowest BCUT2D eigenvalue weighted by atomic mass is 10.3. The molecule has 0 saturated heterocycles. The molecule has 0 unspecified atom stereocenters. The molecule has 0 bridgehead atoms. The Labute approximate surface area is 129 Å². The minimum absolute atomic E-state index is 0.202. The van der Waals surface area contributed by atoms with Gasteiger partial charge in [0.25, 0.3) is 5.56 Å². The van der Waals surface area contributed by atoms with Crippen LogP contribution in [0.1, 0.15) is 5.69 Å². The molecule has 2 heterocycles. The molecule has 106 valence electrons. The van der Waals surface area contributed by atoms with Crippen molar-refractivity contribution in [3.8, 4) is 0 Å². The first-order valence-corrected chi connectivity index (χ1v) is 7.55. The molecule has 0 atom stereocenters. The largest absolute Gasteiger partial charge is 0.269 e. The molecule has 0 spiro atoms. The van der Waals surface area contributed by atoms with Crippen molar-refractivity contribution in [2.45, 2.75) is 10.6 Å². The topological polar surface area (TPSA) is 34.4 Å². The first-order valence-electron chi connectivity index (χ1n) is 6.19. The molecule has 0 N–H and O–H groups in total. The summed E-state index contributed by atoms with van der Waals surface area (Å²) in [5, 5.41) is 0.472. The monoisotopic (exact) mass is 320 g/mol. The molecule has 0 aliphatic rings. The highest BCUT2D eigenvalue weighted by Crippen LogP contribution is 2.24. The van der Waals surface area contributed by atoms with Crippen molar-refractivity contribution >= 4 is 29.0 Å². The van der Waals surface area contributed by atoms with Crippen molar-refractivity contribution in [3.05, 3.63) is 75.5 Å². The highest BCUT2D eigenvalue weighted by atomic mass is 35.5. The van der Waals surface area contributed by atoms with Gasteiger partial charge in [0.15, 0.2) is 0 Å². The van der Waals surface area contributed by atoms with E-state index in [1.54, 1.807) is 30.3 Å². The fourth-order valence-electron chi connectivity index (χ4n) is 1.91. The SMILES string of the molecule is O=c1cc(CSc2ccccc2F)nc2ccc(Cl)cn12. The zero-order valence-corrected chi connectivity index (χ0v) is 12.4. The van der Waals surface area contributed by atoms with E-state index in [0.29, 0.717) is 27.0 Å². The second-order valence-electron chi connectivity index (χ2n) is 4.38. The van der Waals surface area contributed by atoms with E-state index in [1.807, 2.05) is 0 Å². The molecular weight excluding hydrogens is 311 g/mol. The standard InChI is InChI=1S/C15H10ClFN2OS/c16-10-5-6-14-18-11(7-15(20)19(14)8-10)9-21-13-4-2-1-3-12(13)17/h1-8H,9H2. The third-order valence-corrected chi connectivity index (χ3v) is 4.19. The summed E-state index contributed by atoms with van der Waals surface area (Å²) in [7, 11) is 0. The van der Waals surface area contributed by atoms with Gasteiger partial charge in [-0.1, -0.05) is 23.7 Å². The Morgan fingerprint density at radius 3 is 2.86 bits per heavy atom. The minimum atomic E-state index is -0.271. The molecule has 3 rings (SSSR count). The Morgan fingerprint density at radius 1 is 1.24 bits per heavy atom. The molecule has 0 aliphatic heterocycles. The van der Waals surface area contributed by atoms with Crippen molar-refractivity contribution in [2.24, 2.45) is 0 Å². The number of nitrogens with zero attached hydrogens (tertiary/aromatic N) is 2. The Hall–Kier alpha value is -1.85. The number of hydrogen-bond donors (Lipinski definition) is 0. The number of rotatable bonds is 3. The number of pyridine rings is 1. The summed E-state index contributed by atoms with van der Waals surface area (Å²) in [5.74, 6) is 0.154. The summed E-state index contributed by atoms with van der Waals surface area (Å²) in [6.45, 7) is 0. The van der Waals surface area contributed by atoms with Gasteiger partial charge in [0.1, 0.15) is 11.5 Å². The van der Waals surface area contributed by atoms with Gasteiger partial charge in [-0.3, -0.25) is 9.20 Å². The lowest BCUT2D eigenvalue weighted by Crippen LogP contribution is -2.15. The summed E-state index contributed by atoms with van der Waals surface area (Å²) < 4.78 is 14.9. The van der Waals surface area contributed by atoms with Gasteiger partial charge in [0.05, 0.1) is 10.7 Å². The Morgan fingerprint density at radius 2 is 2.05 bits per heavy atom.